The fourth-order valence-corrected chi connectivity index (χ4v) is 3.47. The van der Waals surface area contributed by atoms with E-state index in [0.717, 1.165) is 36.9 Å². The highest BCUT2D eigenvalue weighted by atomic mass is 16.3. The standard InChI is InChI=1S/C20H24N2O2/c1-2-15-10-6-12-21-19(15)20(24)22-13-7-11-17(22)14-18(23)16-8-4-3-5-9-16/h3-6,8-10,12,17-18,23H,2,7,11,13-14H2,1H3/t17-,18-/m1/s1. The third-order valence-corrected chi connectivity index (χ3v) is 4.79. The van der Waals surface area contributed by atoms with E-state index in [0.29, 0.717) is 12.1 Å². The van der Waals surface area contributed by atoms with Gasteiger partial charge in [-0.2, -0.15) is 0 Å². The van der Waals surface area contributed by atoms with Gasteiger partial charge in [-0.05, 0) is 42.9 Å². The van der Waals surface area contributed by atoms with E-state index in [-0.39, 0.29) is 11.9 Å². The van der Waals surface area contributed by atoms with Crippen molar-refractivity contribution in [1.82, 2.24) is 9.88 Å². The molecule has 1 aromatic heterocycles. The number of hydrogen-bond donors (Lipinski definition) is 1. The van der Waals surface area contributed by atoms with E-state index in [1.807, 2.05) is 54.3 Å². The molecule has 1 aliphatic rings. The number of aliphatic hydroxyl groups is 1. The molecule has 0 aliphatic carbocycles. The molecule has 1 fully saturated rings. The molecule has 2 aromatic rings. The SMILES string of the molecule is CCc1cccnc1C(=O)N1CCC[C@@H]1C[C@@H](O)c1ccccc1. The molecule has 1 N–H and O–H groups in total. The normalized spacial score (nSPS) is 18.6. The van der Waals surface area contributed by atoms with Crippen LogP contribution in [0.15, 0.2) is 48.7 Å². The zero-order chi connectivity index (χ0) is 16.9. The Hall–Kier alpha value is -2.20. The number of aromatic nitrogens is 1. The van der Waals surface area contributed by atoms with Gasteiger partial charge in [-0.1, -0.05) is 43.3 Å². The number of benzene rings is 1. The summed E-state index contributed by atoms with van der Waals surface area (Å²) in [4.78, 5) is 19.1. The van der Waals surface area contributed by atoms with Crippen molar-refractivity contribution in [3.8, 4) is 0 Å². The Morgan fingerprint density at radius 3 is 2.83 bits per heavy atom. The first-order chi connectivity index (χ1) is 11.7. The highest BCUT2D eigenvalue weighted by Gasteiger charge is 2.32. The quantitative estimate of drug-likeness (QED) is 0.917. The van der Waals surface area contributed by atoms with Crippen LogP contribution in [-0.2, 0) is 6.42 Å². The van der Waals surface area contributed by atoms with Gasteiger partial charge in [0.2, 0.25) is 0 Å². The van der Waals surface area contributed by atoms with E-state index in [9.17, 15) is 9.90 Å². The average molecular weight is 324 g/mol. The van der Waals surface area contributed by atoms with Crippen molar-refractivity contribution in [3.63, 3.8) is 0 Å². The lowest BCUT2D eigenvalue weighted by molar-refractivity contribution is 0.0660. The van der Waals surface area contributed by atoms with Crippen LogP contribution in [0.4, 0.5) is 0 Å². The van der Waals surface area contributed by atoms with Gasteiger partial charge >= 0.3 is 0 Å². The fourth-order valence-electron chi connectivity index (χ4n) is 3.47. The third kappa shape index (κ3) is 3.49. The smallest absolute Gasteiger partial charge is 0.272 e. The number of aliphatic hydroxyl groups excluding tert-OH is 1. The van der Waals surface area contributed by atoms with Gasteiger partial charge in [-0.25, -0.2) is 0 Å². The Kier molecular flexibility index (Phi) is 5.26. The molecule has 0 unspecified atom stereocenters. The molecular weight excluding hydrogens is 300 g/mol. The third-order valence-electron chi connectivity index (χ3n) is 4.79. The minimum Gasteiger partial charge on any atom is -0.388 e. The van der Waals surface area contributed by atoms with Gasteiger partial charge in [0.25, 0.3) is 5.91 Å². The minimum absolute atomic E-state index is 0.00443. The Morgan fingerprint density at radius 2 is 2.08 bits per heavy atom. The molecule has 0 spiro atoms. The summed E-state index contributed by atoms with van der Waals surface area (Å²) < 4.78 is 0. The van der Waals surface area contributed by atoms with E-state index in [1.165, 1.54) is 0 Å². The maximum absolute atomic E-state index is 12.9. The van der Waals surface area contributed by atoms with Crippen LogP contribution in [0.25, 0.3) is 0 Å². The largest absolute Gasteiger partial charge is 0.388 e. The van der Waals surface area contributed by atoms with Gasteiger partial charge in [0.15, 0.2) is 0 Å². The lowest BCUT2D eigenvalue weighted by Gasteiger charge is -2.27. The van der Waals surface area contributed by atoms with Crippen molar-refractivity contribution in [1.29, 1.82) is 0 Å². The summed E-state index contributed by atoms with van der Waals surface area (Å²) in [5.74, 6) is -0.00443. The number of amides is 1. The number of nitrogens with zero attached hydrogens (tertiary/aromatic N) is 2. The molecule has 1 aromatic carbocycles. The molecule has 0 saturated carbocycles. The molecule has 0 bridgehead atoms. The lowest BCUT2D eigenvalue weighted by Crippen LogP contribution is -2.37. The maximum Gasteiger partial charge on any atom is 0.272 e. The van der Waals surface area contributed by atoms with Crippen LogP contribution in [-0.4, -0.2) is 33.5 Å². The molecule has 4 heteroatoms. The van der Waals surface area contributed by atoms with Crippen LogP contribution in [0.1, 0.15) is 53.9 Å². The van der Waals surface area contributed by atoms with Gasteiger partial charge in [-0.3, -0.25) is 9.78 Å². The topological polar surface area (TPSA) is 53.4 Å². The number of rotatable bonds is 5. The van der Waals surface area contributed by atoms with Crippen molar-refractivity contribution in [2.75, 3.05) is 6.54 Å². The van der Waals surface area contributed by atoms with E-state index >= 15 is 0 Å². The molecule has 2 heterocycles. The van der Waals surface area contributed by atoms with Crippen LogP contribution in [0, 0.1) is 0 Å². The summed E-state index contributed by atoms with van der Waals surface area (Å²) >= 11 is 0. The monoisotopic (exact) mass is 324 g/mol. The summed E-state index contributed by atoms with van der Waals surface area (Å²) in [6.07, 6.45) is 4.41. The van der Waals surface area contributed by atoms with Crippen LogP contribution in [0.2, 0.25) is 0 Å². The van der Waals surface area contributed by atoms with Crippen molar-refractivity contribution < 1.29 is 9.90 Å². The van der Waals surface area contributed by atoms with E-state index in [1.54, 1.807) is 6.20 Å². The molecule has 24 heavy (non-hydrogen) atoms. The number of pyridine rings is 1. The minimum atomic E-state index is -0.543. The first-order valence-corrected chi connectivity index (χ1v) is 8.68. The zero-order valence-corrected chi connectivity index (χ0v) is 14.1. The molecule has 1 saturated heterocycles. The van der Waals surface area contributed by atoms with E-state index < -0.39 is 6.10 Å². The second-order valence-corrected chi connectivity index (χ2v) is 6.32. The lowest BCUT2D eigenvalue weighted by atomic mass is 10.00. The number of carbonyl (C=O) groups is 1. The first-order valence-electron chi connectivity index (χ1n) is 8.68. The molecule has 1 amide bonds. The van der Waals surface area contributed by atoms with Crippen molar-refractivity contribution in [3.05, 3.63) is 65.5 Å². The summed E-state index contributed by atoms with van der Waals surface area (Å²) in [5, 5.41) is 10.5. The van der Waals surface area contributed by atoms with Crippen LogP contribution in [0.3, 0.4) is 0 Å². The number of carbonyl (C=O) groups excluding carboxylic acids is 1. The second-order valence-electron chi connectivity index (χ2n) is 6.32. The van der Waals surface area contributed by atoms with Gasteiger partial charge < -0.3 is 10.0 Å². The Labute approximate surface area is 143 Å². The molecule has 1 aliphatic heterocycles. The van der Waals surface area contributed by atoms with Crippen LogP contribution >= 0.6 is 0 Å². The Balaban J connectivity index is 1.74. The molecule has 126 valence electrons. The molecule has 0 radical (unpaired) electrons. The highest BCUT2D eigenvalue weighted by molar-refractivity contribution is 5.94. The van der Waals surface area contributed by atoms with E-state index in [2.05, 4.69) is 4.98 Å². The summed E-state index contributed by atoms with van der Waals surface area (Å²) in [7, 11) is 0. The highest BCUT2D eigenvalue weighted by Crippen LogP contribution is 2.28. The first kappa shape index (κ1) is 16.7. The van der Waals surface area contributed by atoms with Crippen LogP contribution in [0.5, 0.6) is 0 Å². The number of aryl methyl sites for hydroxylation is 1. The van der Waals surface area contributed by atoms with E-state index in [4.69, 9.17) is 0 Å². The van der Waals surface area contributed by atoms with Crippen LogP contribution < -0.4 is 0 Å². The predicted octanol–water partition coefficient (Wildman–Crippen LogP) is 3.37. The van der Waals surface area contributed by atoms with Crippen molar-refractivity contribution in [2.45, 2.75) is 44.8 Å². The summed E-state index contributed by atoms with van der Waals surface area (Å²) in [6, 6.07) is 13.6. The van der Waals surface area contributed by atoms with Gasteiger partial charge in [-0.15, -0.1) is 0 Å². The fraction of sp³-hybridized carbons (Fsp3) is 0.400. The Bertz CT molecular complexity index is 687. The van der Waals surface area contributed by atoms with Crippen molar-refractivity contribution in [2.24, 2.45) is 0 Å². The average Bonchev–Trinajstić information content (AvgIpc) is 3.09. The van der Waals surface area contributed by atoms with Gasteiger partial charge in [0.05, 0.1) is 6.10 Å². The van der Waals surface area contributed by atoms with Gasteiger partial charge in [0.1, 0.15) is 5.69 Å². The summed E-state index contributed by atoms with van der Waals surface area (Å²) in [6.45, 7) is 2.78. The Morgan fingerprint density at radius 1 is 1.29 bits per heavy atom. The molecule has 2 atom stereocenters. The molecule has 3 rings (SSSR count). The number of likely N-dealkylation sites (tertiary alicyclic amines) is 1. The second kappa shape index (κ2) is 7.58. The zero-order valence-electron chi connectivity index (χ0n) is 14.1. The maximum atomic E-state index is 12.9. The van der Waals surface area contributed by atoms with Crippen molar-refractivity contribution >= 4 is 5.91 Å². The molecule has 4 nitrogen and oxygen atoms in total. The van der Waals surface area contributed by atoms with Gasteiger partial charge in [0, 0.05) is 18.8 Å². The predicted molar refractivity (Wildman–Crippen MR) is 93.7 cm³/mol. The molecular formula is C20H24N2O2. The number of hydrogen-bond acceptors (Lipinski definition) is 3. The summed E-state index contributed by atoms with van der Waals surface area (Å²) in [5.41, 5.74) is 2.45.